The van der Waals surface area contributed by atoms with Gasteiger partial charge in [0.25, 0.3) is 0 Å². The van der Waals surface area contributed by atoms with Crippen molar-refractivity contribution in [2.75, 3.05) is 18.1 Å². The van der Waals surface area contributed by atoms with Gasteiger partial charge in [0.05, 0.1) is 12.2 Å². The van der Waals surface area contributed by atoms with Crippen molar-refractivity contribution in [2.24, 2.45) is 0 Å². The summed E-state index contributed by atoms with van der Waals surface area (Å²) in [7, 11) is 0. The van der Waals surface area contributed by atoms with E-state index < -0.39 is 11.7 Å². The molecule has 0 heterocycles. The minimum absolute atomic E-state index is 0.106. The molecule has 2 nitrogen and oxygen atoms in total. The number of nitrogens with zero attached hydrogens (tertiary/aromatic N) is 1. The van der Waals surface area contributed by atoms with Crippen molar-refractivity contribution in [3.63, 3.8) is 0 Å². The Bertz CT molecular complexity index is 446. The number of alkyl halides is 3. The van der Waals surface area contributed by atoms with Crippen LogP contribution >= 0.6 is 15.9 Å². The Morgan fingerprint density at radius 3 is 2.47 bits per heavy atom. The Labute approximate surface area is 118 Å². The van der Waals surface area contributed by atoms with E-state index in [1.54, 1.807) is 11.0 Å². The van der Waals surface area contributed by atoms with Crippen molar-refractivity contribution in [2.45, 2.75) is 31.5 Å². The predicted molar refractivity (Wildman–Crippen MR) is 71.2 cm³/mol. The highest BCUT2D eigenvalue weighted by Crippen LogP contribution is 2.40. The van der Waals surface area contributed by atoms with E-state index in [2.05, 4.69) is 15.9 Å². The highest BCUT2D eigenvalue weighted by molar-refractivity contribution is 9.10. The van der Waals surface area contributed by atoms with Crippen LogP contribution in [0.2, 0.25) is 0 Å². The molecule has 0 radical (unpaired) electrons. The first-order chi connectivity index (χ1) is 8.93. The molecule has 0 atom stereocenters. The Balaban J connectivity index is 2.40. The second kappa shape index (κ2) is 5.71. The van der Waals surface area contributed by atoms with Crippen LogP contribution in [0.5, 0.6) is 0 Å². The van der Waals surface area contributed by atoms with E-state index in [4.69, 9.17) is 5.11 Å². The molecule has 0 bridgehead atoms. The van der Waals surface area contributed by atoms with Crippen LogP contribution in [0.4, 0.5) is 18.9 Å². The summed E-state index contributed by atoms with van der Waals surface area (Å²) < 4.78 is 39.7. The van der Waals surface area contributed by atoms with Gasteiger partial charge in [-0.2, -0.15) is 13.2 Å². The molecular weight excluding hydrogens is 323 g/mol. The fourth-order valence-electron chi connectivity index (χ4n) is 2.29. The molecule has 0 amide bonds. The number of aliphatic hydroxyl groups is 1. The first-order valence-corrected chi connectivity index (χ1v) is 6.97. The summed E-state index contributed by atoms with van der Waals surface area (Å²) in [4.78, 5) is 1.68. The minimum atomic E-state index is -4.39. The van der Waals surface area contributed by atoms with E-state index in [1.165, 1.54) is 6.07 Å². The lowest BCUT2D eigenvalue weighted by molar-refractivity contribution is -0.137. The first-order valence-electron chi connectivity index (χ1n) is 6.17. The fraction of sp³-hybridized carbons (Fsp3) is 0.538. The lowest BCUT2D eigenvalue weighted by atomic mass is 9.90. The normalized spacial score (nSPS) is 16.3. The van der Waals surface area contributed by atoms with Crippen LogP contribution in [-0.4, -0.2) is 24.3 Å². The number of benzene rings is 1. The summed E-state index contributed by atoms with van der Waals surface area (Å²) in [6.45, 7) is 0.0826. The highest BCUT2D eigenvalue weighted by Gasteiger charge is 2.37. The van der Waals surface area contributed by atoms with Crippen molar-refractivity contribution in [1.29, 1.82) is 0 Å². The molecule has 2 rings (SSSR count). The second-order valence-corrected chi connectivity index (χ2v) is 5.58. The summed E-state index contributed by atoms with van der Waals surface area (Å²) in [6, 6.07) is 4.28. The third-order valence-corrected chi connectivity index (χ3v) is 3.92. The summed E-state index contributed by atoms with van der Waals surface area (Å²) in [5.41, 5.74) is -0.489. The zero-order valence-electron chi connectivity index (χ0n) is 10.3. The van der Waals surface area contributed by atoms with Crippen LogP contribution < -0.4 is 4.90 Å². The lowest BCUT2D eigenvalue weighted by Gasteiger charge is -2.40. The molecule has 1 aromatic carbocycles. The van der Waals surface area contributed by atoms with Crippen LogP contribution in [0.3, 0.4) is 0 Å². The topological polar surface area (TPSA) is 23.5 Å². The van der Waals surface area contributed by atoms with Crippen molar-refractivity contribution < 1.29 is 18.3 Å². The number of halogens is 4. The van der Waals surface area contributed by atoms with Gasteiger partial charge in [-0.25, -0.2) is 0 Å². The Kier molecular flexibility index (Phi) is 4.40. The van der Waals surface area contributed by atoms with E-state index in [-0.39, 0.29) is 24.9 Å². The van der Waals surface area contributed by atoms with Crippen molar-refractivity contribution in [3.05, 3.63) is 28.2 Å². The quantitative estimate of drug-likeness (QED) is 0.902. The van der Waals surface area contributed by atoms with Crippen molar-refractivity contribution >= 4 is 21.6 Å². The summed E-state index contributed by atoms with van der Waals surface area (Å²) in [6.07, 6.45) is -1.60. The van der Waals surface area contributed by atoms with Crippen LogP contribution in [-0.2, 0) is 6.18 Å². The standard InChI is InChI=1S/C13H15BrF3NO/c14-9-4-5-12(11(8-9)13(15,16)17)18(6-7-19)10-2-1-3-10/h4-5,8,10,19H,1-3,6-7H2. The molecule has 19 heavy (non-hydrogen) atoms. The SMILES string of the molecule is OCCN(c1ccc(Br)cc1C(F)(F)F)C1CCC1. The maximum Gasteiger partial charge on any atom is 0.418 e. The van der Waals surface area contributed by atoms with Crippen LogP contribution in [0.15, 0.2) is 22.7 Å². The van der Waals surface area contributed by atoms with Gasteiger partial charge < -0.3 is 10.0 Å². The van der Waals surface area contributed by atoms with Gasteiger partial charge in [-0.3, -0.25) is 0 Å². The molecule has 1 aliphatic rings. The summed E-state index contributed by atoms with van der Waals surface area (Å²) in [5, 5.41) is 9.08. The zero-order valence-corrected chi connectivity index (χ0v) is 11.8. The van der Waals surface area contributed by atoms with Gasteiger partial charge >= 0.3 is 6.18 Å². The van der Waals surface area contributed by atoms with Gasteiger partial charge in [-0.15, -0.1) is 0 Å². The minimum Gasteiger partial charge on any atom is -0.395 e. The lowest BCUT2D eigenvalue weighted by Crippen LogP contribution is -2.42. The van der Waals surface area contributed by atoms with Crippen molar-refractivity contribution in [3.8, 4) is 0 Å². The summed E-state index contributed by atoms with van der Waals surface area (Å²) in [5.74, 6) is 0. The van der Waals surface area contributed by atoms with Crippen LogP contribution in [0.1, 0.15) is 24.8 Å². The molecule has 1 fully saturated rings. The maximum absolute atomic E-state index is 13.1. The molecular formula is C13H15BrF3NO. The van der Waals surface area contributed by atoms with Crippen molar-refractivity contribution in [1.82, 2.24) is 0 Å². The third kappa shape index (κ3) is 3.23. The smallest absolute Gasteiger partial charge is 0.395 e. The molecule has 106 valence electrons. The van der Waals surface area contributed by atoms with E-state index in [9.17, 15) is 13.2 Å². The van der Waals surface area contributed by atoms with Gasteiger partial charge in [0.15, 0.2) is 0 Å². The monoisotopic (exact) mass is 337 g/mol. The van der Waals surface area contributed by atoms with Gasteiger partial charge in [-0.1, -0.05) is 15.9 Å². The molecule has 0 spiro atoms. The van der Waals surface area contributed by atoms with E-state index >= 15 is 0 Å². The predicted octanol–water partition coefficient (Wildman–Crippen LogP) is 3.82. The Morgan fingerprint density at radius 1 is 1.32 bits per heavy atom. The number of anilines is 1. The molecule has 0 unspecified atom stereocenters. The number of rotatable bonds is 4. The molecule has 1 N–H and O–H groups in total. The van der Waals surface area contributed by atoms with E-state index in [0.717, 1.165) is 25.3 Å². The molecule has 0 aliphatic heterocycles. The van der Waals surface area contributed by atoms with Gasteiger partial charge in [0.1, 0.15) is 0 Å². The number of aliphatic hydroxyl groups excluding tert-OH is 1. The van der Waals surface area contributed by atoms with Crippen LogP contribution in [0, 0.1) is 0 Å². The second-order valence-electron chi connectivity index (χ2n) is 4.66. The van der Waals surface area contributed by atoms with E-state index in [0.29, 0.717) is 4.47 Å². The molecule has 1 aromatic rings. The Morgan fingerprint density at radius 2 is 2.00 bits per heavy atom. The third-order valence-electron chi connectivity index (χ3n) is 3.43. The number of hydrogen-bond donors (Lipinski definition) is 1. The van der Waals surface area contributed by atoms with Gasteiger partial charge in [0, 0.05) is 22.7 Å². The summed E-state index contributed by atoms with van der Waals surface area (Å²) >= 11 is 3.08. The average Bonchev–Trinajstić information content (AvgIpc) is 2.25. The molecule has 1 aliphatic carbocycles. The van der Waals surface area contributed by atoms with Gasteiger partial charge in [-0.05, 0) is 37.5 Å². The molecule has 0 saturated heterocycles. The zero-order chi connectivity index (χ0) is 14.0. The Hall–Kier alpha value is -0.750. The molecule has 0 aromatic heterocycles. The fourth-order valence-corrected chi connectivity index (χ4v) is 2.65. The van der Waals surface area contributed by atoms with Gasteiger partial charge in [0.2, 0.25) is 0 Å². The average molecular weight is 338 g/mol. The largest absolute Gasteiger partial charge is 0.418 e. The van der Waals surface area contributed by atoms with Crippen LogP contribution in [0.25, 0.3) is 0 Å². The first kappa shape index (κ1) is 14.7. The highest BCUT2D eigenvalue weighted by atomic mass is 79.9. The van der Waals surface area contributed by atoms with E-state index in [1.807, 2.05) is 0 Å². The molecule has 6 heteroatoms. The molecule has 1 saturated carbocycles. The number of hydrogen-bond acceptors (Lipinski definition) is 2. The maximum atomic E-state index is 13.1.